The van der Waals surface area contributed by atoms with Crippen LogP contribution in [0.5, 0.6) is 0 Å². The van der Waals surface area contributed by atoms with Crippen LogP contribution in [0.4, 0.5) is 0 Å². The lowest BCUT2D eigenvalue weighted by Crippen LogP contribution is -2.47. The van der Waals surface area contributed by atoms with Gasteiger partial charge >= 0.3 is 0 Å². The molecule has 5 nitrogen and oxygen atoms in total. The fourth-order valence-electron chi connectivity index (χ4n) is 3.52. The molecule has 1 aromatic rings. The van der Waals surface area contributed by atoms with Crippen molar-refractivity contribution in [2.75, 3.05) is 46.5 Å². The van der Waals surface area contributed by atoms with Crippen LogP contribution in [0.15, 0.2) is 23.2 Å². The van der Waals surface area contributed by atoms with E-state index in [0.717, 1.165) is 71.0 Å². The molecule has 1 saturated heterocycles. The Morgan fingerprint density at radius 2 is 1.96 bits per heavy atom. The van der Waals surface area contributed by atoms with Gasteiger partial charge in [0.1, 0.15) is 0 Å². The molecule has 1 aromatic carbocycles. The summed E-state index contributed by atoms with van der Waals surface area (Å²) in [6, 6.07) is 6.68. The number of aryl methyl sites for hydroxylation is 2. The second-order valence-electron chi connectivity index (χ2n) is 7.32. The van der Waals surface area contributed by atoms with Crippen molar-refractivity contribution in [2.45, 2.75) is 52.6 Å². The van der Waals surface area contributed by atoms with Crippen LogP contribution in [-0.2, 0) is 15.9 Å². The Morgan fingerprint density at radius 3 is 2.61 bits per heavy atom. The Bertz CT molecular complexity index is 587. The Labute approximate surface area is 188 Å². The first-order valence-corrected chi connectivity index (χ1v) is 10.3. The van der Waals surface area contributed by atoms with E-state index in [1.807, 2.05) is 0 Å². The van der Waals surface area contributed by atoms with E-state index in [0.29, 0.717) is 6.10 Å². The number of nitrogens with one attached hydrogen (secondary N) is 1. The van der Waals surface area contributed by atoms with Gasteiger partial charge in [-0.15, -0.1) is 24.0 Å². The first kappa shape index (κ1) is 25.2. The summed E-state index contributed by atoms with van der Waals surface area (Å²) < 4.78 is 11.0. The zero-order valence-corrected chi connectivity index (χ0v) is 20.3. The van der Waals surface area contributed by atoms with Gasteiger partial charge in [0, 0.05) is 46.5 Å². The molecular formula is C22H38IN3O2. The topological polar surface area (TPSA) is 46.1 Å². The van der Waals surface area contributed by atoms with E-state index in [4.69, 9.17) is 14.5 Å². The predicted molar refractivity (Wildman–Crippen MR) is 128 cm³/mol. The number of methoxy groups -OCH3 is 1. The fourth-order valence-corrected chi connectivity index (χ4v) is 3.52. The number of rotatable bonds is 9. The molecule has 1 N–H and O–H groups in total. The van der Waals surface area contributed by atoms with Crippen LogP contribution in [0.25, 0.3) is 0 Å². The summed E-state index contributed by atoms with van der Waals surface area (Å²) in [5, 5.41) is 3.46. The molecule has 0 aromatic heterocycles. The summed E-state index contributed by atoms with van der Waals surface area (Å²) in [7, 11) is 1.74. The van der Waals surface area contributed by atoms with Gasteiger partial charge in [0.05, 0.1) is 6.10 Å². The van der Waals surface area contributed by atoms with Gasteiger partial charge in [-0.2, -0.15) is 0 Å². The maximum atomic E-state index is 5.97. The molecule has 0 saturated carbocycles. The summed E-state index contributed by atoms with van der Waals surface area (Å²) in [5.41, 5.74) is 4.07. The zero-order valence-electron chi connectivity index (χ0n) is 18.0. The highest BCUT2D eigenvalue weighted by molar-refractivity contribution is 14.0. The lowest BCUT2D eigenvalue weighted by molar-refractivity contribution is 0.00991. The van der Waals surface area contributed by atoms with E-state index in [9.17, 15) is 0 Å². The second kappa shape index (κ2) is 14.2. The Kier molecular flexibility index (Phi) is 12.7. The third kappa shape index (κ3) is 8.66. The molecule has 0 amide bonds. The third-order valence-corrected chi connectivity index (χ3v) is 5.06. The van der Waals surface area contributed by atoms with Crippen LogP contribution in [0, 0.1) is 13.8 Å². The minimum absolute atomic E-state index is 0. The quantitative estimate of drug-likeness (QED) is 0.240. The van der Waals surface area contributed by atoms with Crippen molar-refractivity contribution in [3.63, 3.8) is 0 Å². The van der Waals surface area contributed by atoms with Gasteiger partial charge in [-0.25, -0.2) is 0 Å². The molecule has 0 radical (unpaired) electrons. The van der Waals surface area contributed by atoms with E-state index < -0.39 is 0 Å². The average Bonchev–Trinajstić information content (AvgIpc) is 2.67. The van der Waals surface area contributed by atoms with Crippen molar-refractivity contribution in [3.05, 3.63) is 34.9 Å². The molecule has 2 rings (SSSR count). The molecule has 0 spiro atoms. The van der Waals surface area contributed by atoms with E-state index in [1.165, 1.54) is 16.7 Å². The summed E-state index contributed by atoms with van der Waals surface area (Å²) in [6.45, 7) is 11.8. The second-order valence-corrected chi connectivity index (χ2v) is 7.32. The number of likely N-dealkylation sites (tertiary alicyclic amines) is 1. The average molecular weight is 503 g/mol. The van der Waals surface area contributed by atoms with Crippen molar-refractivity contribution >= 4 is 29.9 Å². The summed E-state index contributed by atoms with van der Waals surface area (Å²) in [5.74, 6) is 1.04. The van der Waals surface area contributed by atoms with Crippen molar-refractivity contribution in [3.8, 4) is 0 Å². The van der Waals surface area contributed by atoms with Gasteiger partial charge in [0.2, 0.25) is 0 Å². The standard InChI is InChI=1S/C22H37N3O2.HI/c1-5-23-22(24-12-9-20-8-7-18(2)17-19(20)3)25-13-10-21(11-14-25)27-16-6-15-26-4;/h7-8,17,21H,5-6,9-16H2,1-4H3,(H,23,24);1H. The minimum Gasteiger partial charge on any atom is -0.385 e. The first-order valence-electron chi connectivity index (χ1n) is 10.3. The summed E-state index contributed by atoms with van der Waals surface area (Å²) in [4.78, 5) is 7.26. The Hall–Kier alpha value is -0.860. The summed E-state index contributed by atoms with van der Waals surface area (Å²) >= 11 is 0. The van der Waals surface area contributed by atoms with Gasteiger partial charge in [0.15, 0.2) is 5.96 Å². The number of nitrogens with zero attached hydrogens (tertiary/aromatic N) is 2. The molecule has 1 fully saturated rings. The lowest BCUT2D eigenvalue weighted by atomic mass is 10.0. The molecule has 28 heavy (non-hydrogen) atoms. The van der Waals surface area contributed by atoms with Crippen molar-refractivity contribution in [1.29, 1.82) is 0 Å². The van der Waals surface area contributed by atoms with Gasteiger partial charge in [0.25, 0.3) is 0 Å². The van der Waals surface area contributed by atoms with E-state index in [-0.39, 0.29) is 24.0 Å². The predicted octanol–water partition coefficient (Wildman–Crippen LogP) is 3.95. The SMILES string of the molecule is CCNC(=NCCc1ccc(C)cc1C)N1CCC(OCCCOC)CC1.I. The first-order chi connectivity index (χ1) is 13.1. The molecule has 160 valence electrons. The van der Waals surface area contributed by atoms with Crippen molar-refractivity contribution in [2.24, 2.45) is 4.99 Å². The largest absolute Gasteiger partial charge is 0.385 e. The van der Waals surface area contributed by atoms with Crippen LogP contribution in [0.2, 0.25) is 0 Å². The molecule has 1 aliphatic rings. The number of benzene rings is 1. The number of hydrogen-bond acceptors (Lipinski definition) is 3. The Balaban J connectivity index is 0.00000392. The van der Waals surface area contributed by atoms with Crippen LogP contribution >= 0.6 is 24.0 Å². The van der Waals surface area contributed by atoms with Gasteiger partial charge in [-0.05, 0) is 57.6 Å². The van der Waals surface area contributed by atoms with Crippen molar-refractivity contribution < 1.29 is 9.47 Å². The van der Waals surface area contributed by atoms with Gasteiger partial charge < -0.3 is 19.7 Å². The molecule has 0 atom stereocenters. The van der Waals surface area contributed by atoms with Crippen LogP contribution in [0.3, 0.4) is 0 Å². The molecule has 0 bridgehead atoms. The van der Waals surface area contributed by atoms with E-state index >= 15 is 0 Å². The number of halogens is 1. The van der Waals surface area contributed by atoms with Crippen LogP contribution in [0.1, 0.15) is 42.9 Å². The molecule has 1 aliphatic heterocycles. The minimum atomic E-state index is 0. The maximum Gasteiger partial charge on any atom is 0.193 e. The van der Waals surface area contributed by atoms with E-state index in [2.05, 4.69) is 49.2 Å². The van der Waals surface area contributed by atoms with Crippen molar-refractivity contribution in [1.82, 2.24) is 10.2 Å². The number of ether oxygens (including phenoxy) is 2. The molecule has 0 aliphatic carbocycles. The highest BCUT2D eigenvalue weighted by atomic mass is 127. The molecular weight excluding hydrogens is 465 g/mol. The lowest BCUT2D eigenvalue weighted by Gasteiger charge is -2.34. The number of aliphatic imine (C=N–C) groups is 1. The van der Waals surface area contributed by atoms with E-state index in [1.54, 1.807) is 7.11 Å². The smallest absolute Gasteiger partial charge is 0.193 e. The monoisotopic (exact) mass is 503 g/mol. The highest BCUT2D eigenvalue weighted by Crippen LogP contribution is 2.15. The van der Waals surface area contributed by atoms with Gasteiger partial charge in [-0.3, -0.25) is 4.99 Å². The van der Waals surface area contributed by atoms with Gasteiger partial charge in [-0.1, -0.05) is 23.8 Å². The van der Waals surface area contributed by atoms with Crippen LogP contribution < -0.4 is 5.32 Å². The normalized spacial score (nSPS) is 15.4. The fraction of sp³-hybridized carbons (Fsp3) is 0.682. The number of guanidine groups is 1. The summed E-state index contributed by atoms with van der Waals surface area (Å²) in [6.07, 6.45) is 4.46. The highest BCUT2D eigenvalue weighted by Gasteiger charge is 2.21. The molecule has 1 heterocycles. The Morgan fingerprint density at radius 1 is 1.21 bits per heavy atom. The van der Waals surface area contributed by atoms with Crippen LogP contribution in [-0.4, -0.2) is 63.5 Å². The molecule has 6 heteroatoms. The number of piperidine rings is 1. The molecule has 0 unspecified atom stereocenters. The number of hydrogen-bond donors (Lipinski definition) is 1. The third-order valence-electron chi connectivity index (χ3n) is 5.06. The zero-order chi connectivity index (χ0) is 19.5. The maximum absolute atomic E-state index is 5.97.